The molecule has 0 saturated heterocycles. The summed E-state index contributed by atoms with van der Waals surface area (Å²) in [6.45, 7) is 3.68. The molecule has 1 aromatic carbocycles. The van der Waals surface area contributed by atoms with Gasteiger partial charge in [0.1, 0.15) is 5.75 Å². The summed E-state index contributed by atoms with van der Waals surface area (Å²) in [6.07, 6.45) is 0. The number of rotatable bonds is 4. The maximum absolute atomic E-state index is 11.7. The fourth-order valence-corrected chi connectivity index (χ4v) is 1.73. The van der Waals surface area contributed by atoms with Crippen molar-refractivity contribution in [3.05, 3.63) is 28.8 Å². The highest BCUT2D eigenvalue weighted by atomic mass is 79.9. The Kier molecular flexibility index (Phi) is 4.24. The lowest BCUT2D eigenvalue weighted by atomic mass is 9.98. The maximum atomic E-state index is 11.7. The van der Waals surface area contributed by atoms with Gasteiger partial charge in [0.15, 0.2) is 0 Å². The van der Waals surface area contributed by atoms with E-state index >= 15 is 0 Å². The Morgan fingerprint density at radius 2 is 1.88 bits per heavy atom. The van der Waals surface area contributed by atoms with Crippen LogP contribution in [0.4, 0.5) is 0 Å². The first kappa shape index (κ1) is 12.9. The molecule has 0 saturated carbocycles. The molecule has 0 aromatic heterocycles. The van der Waals surface area contributed by atoms with Gasteiger partial charge in [-0.3, -0.25) is 9.59 Å². The average molecular weight is 285 g/mol. The summed E-state index contributed by atoms with van der Waals surface area (Å²) in [6, 6.07) is 3.33. The molecule has 0 aliphatic heterocycles. The molecular formula is C12H13BrO3. The van der Waals surface area contributed by atoms with Gasteiger partial charge in [0, 0.05) is 5.56 Å². The molecule has 0 heterocycles. The predicted octanol–water partition coefficient (Wildman–Crippen LogP) is 2.46. The van der Waals surface area contributed by atoms with Crippen molar-refractivity contribution in [1.29, 1.82) is 0 Å². The third-order valence-electron chi connectivity index (χ3n) is 2.58. The van der Waals surface area contributed by atoms with E-state index in [0.717, 1.165) is 16.9 Å². The SMILES string of the molecule is COc1ccc(C(=O)C(=O)CBr)c(C)c1C. The first-order valence-electron chi connectivity index (χ1n) is 4.80. The van der Waals surface area contributed by atoms with E-state index in [-0.39, 0.29) is 5.33 Å². The summed E-state index contributed by atoms with van der Waals surface area (Å²) < 4.78 is 5.14. The van der Waals surface area contributed by atoms with Gasteiger partial charge in [-0.25, -0.2) is 0 Å². The third-order valence-corrected chi connectivity index (χ3v) is 3.09. The normalized spacial score (nSPS) is 10.0. The van der Waals surface area contributed by atoms with E-state index in [1.807, 2.05) is 13.8 Å². The Bertz CT molecular complexity index is 438. The smallest absolute Gasteiger partial charge is 0.229 e. The molecule has 0 atom stereocenters. The number of hydrogen-bond donors (Lipinski definition) is 0. The highest BCUT2D eigenvalue weighted by Gasteiger charge is 2.18. The number of ether oxygens (including phenoxy) is 1. The van der Waals surface area contributed by atoms with E-state index in [4.69, 9.17) is 4.74 Å². The molecule has 86 valence electrons. The molecule has 0 spiro atoms. The van der Waals surface area contributed by atoms with E-state index in [1.54, 1.807) is 19.2 Å². The molecule has 0 unspecified atom stereocenters. The molecule has 0 radical (unpaired) electrons. The average Bonchev–Trinajstić information content (AvgIpc) is 2.30. The van der Waals surface area contributed by atoms with Crippen molar-refractivity contribution in [3.8, 4) is 5.75 Å². The zero-order valence-corrected chi connectivity index (χ0v) is 11.1. The van der Waals surface area contributed by atoms with Crippen LogP contribution in [0.1, 0.15) is 21.5 Å². The van der Waals surface area contributed by atoms with E-state index in [1.165, 1.54) is 0 Å². The van der Waals surface area contributed by atoms with Crippen molar-refractivity contribution in [2.75, 3.05) is 12.4 Å². The summed E-state index contributed by atoms with van der Waals surface area (Å²) in [5.74, 6) is -0.173. The van der Waals surface area contributed by atoms with E-state index in [9.17, 15) is 9.59 Å². The van der Waals surface area contributed by atoms with Crippen LogP contribution in [0.25, 0.3) is 0 Å². The number of methoxy groups -OCH3 is 1. The topological polar surface area (TPSA) is 43.4 Å². The van der Waals surface area contributed by atoms with Crippen LogP contribution in [0.5, 0.6) is 5.75 Å². The minimum absolute atomic E-state index is 0.0519. The monoisotopic (exact) mass is 284 g/mol. The van der Waals surface area contributed by atoms with Gasteiger partial charge in [0.2, 0.25) is 11.6 Å². The second-order valence-corrected chi connectivity index (χ2v) is 4.01. The highest BCUT2D eigenvalue weighted by Crippen LogP contribution is 2.24. The summed E-state index contributed by atoms with van der Waals surface area (Å²) >= 11 is 2.99. The summed E-state index contributed by atoms with van der Waals surface area (Å²) in [4.78, 5) is 23.0. The van der Waals surface area contributed by atoms with Gasteiger partial charge in [-0.1, -0.05) is 15.9 Å². The molecule has 4 heteroatoms. The molecular weight excluding hydrogens is 272 g/mol. The summed E-state index contributed by atoms with van der Waals surface area (Å²) in [5.41, 5.74) is 2.12. The Balaban J connectivity index is 3.22. The molecule has 16 heavy (non-hydrogen) atoms. The molecule has 1 aromatic rings. The molecule has 0 aliphatic rings. The van der Waals surface area contributed by atoms with E-state index < -0.39 is 11.6 Å². The van der Waals surface area contributed by atoms with Crippen LogP contribution in [0, 0.1) is 13.8 Å². The van der Waals surface area contributed by atoms with Crippen LogP contribution in [0.15, 0.2) is 12.1 Å². The number of carbonyl (C=O) groups excluding carboxylic acids is 2. The summed E-state index contributed by atoms with van der Waals surface area (Å²) in [7, 11) is 1.58. The minimum Gasteiger partial charge on any atom is -0.496 e. The predicted molar refractivity (Wildman–Crippen MR) is 65.6 cm³/mol. The van der Waals surface area contributed by atoms with Gasteiger partial charge in [0.05, 0.1) is 12.4 Å². The molecule has 0 aliphatic carbocycles. The van der Waals surface area contributed by atoms with Crippen LogP contribution >= 0.6 is 15.9 Å². The fraction of sp³-hybridized carbons (Fsp3) is 0.333. The number of benzene rings is 1. The first-order chi connectivity index (χ1) is 7.52. The molecule has 0 fully saturated rings. The number of alkyl halides is 1. The minimum atomic E-state index is -0.458. The lowest BCUT2D eigenvalue weighted by Crippen LogP contribution is -2.16. The van der Waals surface area contributed by atoms with Gasteiger partial charge in [-0.05, 0) is 37.1 Å². The number of halogens is 1. The van der Waals surface area contributed by atoms with Gasteiger partial charge in [0.25, 0.3) is 0 Å². The Hall–Kier alpha value is -1.16. The summed E-state index contributed by atoms with van der Waals surface area (Å²) in [5, 5.41) is 0.0519. The van der Waals surface area contributed by atoms with Gasteiger partial charge in [-0.15, -0.1) is 0 Å². The van der Waals surface area contributed by atoms with Crippen LogP contribution in [-0.2, 0) is 4.79 Å². The van der Waals surface area contributed by atoms with Gasteiger partial charge in [-0.2, -0.15) is 0 Å². The Morgan fingerprint density at radius 1 is 1.25 bits per heavy atom. The quantitative estimate of drug-likeness (QED) is 0.485. The van der Waals surface area contributed by atoms with Crippen molar-refractivity contribution in [3.63, 3.8) is 0 Å². The highest BCUT2D eigenvalue weighted by molar-refractivity contribution is 9.09. The molecule has 0 amide bonds. The number of carbonyl (C=O) groups is 2. The second kappa shape index (κ2) is 5.25. The van der Waals surface area contributed by atoms with Crippen molar-refractivity contribution in [2.45, 2.75) is 13.8 Å². The standard InChI is InChI=1S/C12H13BrO3/c1-7-8(2)11(16-3)5-4-9(7)12(15)10(14)6-13/h4-5H,6H2,1-3H3. The molecule has 0 bridgehead atoms. The second-order valence-electron chi connectivity index (χ2n) is 3.45. The number of Topliss-reactive ketones (excluding diaryl/α,β-unsaturated/α-hetero) is 2. The largest absolute Gasteiger partial charge is 0.496 e. The zero-order chi connectivity index (χ0) is 12.3. The number of hydrogen-bond acceptors (Lipinski definition) is 3. The lowest BCUT2D eigenvalue weighted by molar-refractivity contribution is -0.112. The van der Waals surface area contributed by atoms with Crippen LogP contribution in [0.2, 0.25) is 0 Å². The Morgan fingerprint density at radius 3 is 2.38 bits per heavy atom. The van der Waals surface area contributed by atoms with Crippen molar-refractivity contribution >= 4 is 27.5 Å². The van der Waals surface area contributed by atoms with Gasteiger partial charge >= 0.3 is 0 Å². The van der Waals surface area contributed by atoms with E-state index in [0.29, 0.717) is 5.56 Å². The number of ketones is 2. The first-order valence-corrected chi connectivity index (χ1v) is 5.92. The maximum Gasteiger partial charge on any atom is 0.229 e. The lowest BCUT2D eigenvalue weighted by Gasteiger charge is -2.10. The Labute approximate surface area is 103 Å². The fourth-order valence-electron chi connectivity index (χ4n) is 1.47. The molecule has 0 N–H and O–H groups in total. The van der Waals surface area contributed by atoms with Crippen LogP contribution in [0.3, 0.4) is 0 Å². The van der Waals surface area contributed by atoms with Crippen LogP contribution in [-0.4, -0.2) is 24.0 Å². The van der Waals surface area contributed by atoms with Crippen molar-refractivity contribution in [2.24, 2.45) is 0 Å². The molecule has 1 rings (SSSR count). The van der Waals surface area contributed by atoms with Crippen molar-refractivity contribution < 1.29 is 14.3 Å². The van der Waals surface area contributed by atoms with Crippen molar-refractivity contribution in [1.82, 2.24) is 0 Å². The van der Waals surface area contributed by atoms with E-state index in [2.05, 4.69) is 15.9 Å². The van der Waals surface area contributed by atoms with Gasteiger partial charge < -0.3 is 4.74 Å². The van der Waals surface area contributed by atoms with Crippen LogP contribution < -0.4 is 4.74 Å². The third kappa shape index (κ3) is 2.32. The molecule has 3 nitrogen and oxygen atoms in total. The zero-order valence-electron chi connectivity index (χ0n) is 9.46.